The van der Waals surface area contributed by atoms with Gasteiger partial charge in [-0.05, 0) is 11.6 Å². The summed E-state index contributed by atoms with van der Waals surface area (Å²) in [4.78, 5) is 11.8. The van der Waals surface area contributed by atoms with Gasteiger partial charge in [-0.25, -0.2) is 0 Å². The van der Waals surface area contributed by atoms with E-state index < -0.39 is 10.8 Å². The molecule has 2 rings (SSSR count). The summed E-state index contributed by atoms with van der Waals surface area (Å²) in [7, 11) is -0.849. The van der Waals surface area contributed by atoms with Gasteiger partial charge in [0.1, 0.15) is 0 Å². The van der Waals surface area contributed by atoms with Crippen LogP contribution in [0.1, 0.15) is 17.9 Å². The average Bonchev–Trinajstić information content (AvgIpc) is 2.72. The van der Waals surface area contributed by atoms with E-state index in [-0.39, 0.29) is 11.8 Å². The predicted octanol–water partition coefficient (Wildman–Crippen LogP) is 1.08. The van der Waals surface area contributed by atoms with E-state index in [4.69, 9.17) is 0 Å². The third-order valence-electron chi connectivity index (χ3n) is 3.08. The molecule has 0 saturated carbocycles. The third kappa shape index (κ3) is 3.32. The van der Waals surface area contributed by atoms with Crippen LogP contribution >= 0.6 is 0 Å². The molecule has 5 heteroatoms. The van der Waals surface area contributed by atoms with E-state index in [9.17, 15) is 9.00 Å². The van der Waals surface area contributed by atoms with Gasteiger partial charge >= 0.3 is 0 Å². The van der Waals surface area contributed by atoms with Crippen molar-refractivity contribution in [3.63, 3.8) is 0 Å². The molecule has 0 aliphatic carbocycles. The first-order valence-corrected chi connectivity index (χ1v) is 7.79. The second-order valence-corrected chi connectivity index (χ2v) is 6.05. The molecule has 1 heterocycles. The number of carbonyl (C=O) groups excluding carboxylic acids is 1. The standard InChI is InChI=1S/C13H18N2O2S/c1-18(17)7-6-14-13(16)8-10-9-15-12-5-3-2-4-11(10)12/h2-5,10,15H,6-9H2,1H3,(H,14,16). The summed E-state index contributed by atoms with van der Waals surface area (Å²) < 4.78 is 10.9. The molecule has 98 valence electrons. The number of nitrogens with one attached hydrogen (secondary N) is 2. The van der Waals surface area contributed by atoms with Crippen molar-refractivity contribution in [3.05, 3.63) is 29.8 Å². The van der Waals surface area contributed by atoms with Crippen molar-refractivity contribution in [1.82, 2.24) is 5.32 Å². The molecule has 18 heavy (non-hydrogen) atoms. The highest BCUT2D eigenvalue weighted by atomic mass is 32.2. The Hall–Kier alpha value is -1.36. The van der Waals surface area contributed by atoms with Crippen LogP contribution in [0, 0.1) is 0 Å². The van der Waals surface area contributed by atoms with Gasteiger partial charge in [-0.15, -0.1) is 0 Å². The lowest BCUT2D eigenvalue weighted by Crippen LogP contribution is -2.29. The number of fused-ring (bicyclic) bond motifs is 1. The Morgan fingerprint density at radius 2 is 2.28 bits per heavy atom. The molecule has 4 nitrogen and oxygen atoms in total. The normalized spacial score (nSPS) is 18.8. The van der Waals surface area contributed by atoms with Crippen LogP contribution in [0.15, 0.2) is 24.3 Å². The third-order valence-corrected chi connectivity index (χ3v) is 3.86. The molecule has 0 radical (unpaired) electrons. The first-order valence-electron chi connectivity index (χ1n) is 6.06. The van der Waals surface area contributed by atoms with Gasteiger partial charge in [-0.3, -0.25) is 9.00 Å². The minimum absolute atomic E-state index is 0.0314. The van der Waals surface area contributed by atoms with Crippen molar-refractivity contribution in [2.24, 2.45) is 0 Å². The van der Waals surface area contributed by atoms with Crippen molar-refractivity contribution < 1.29 is 9.00 Å². The number of benzene rings is 1. The highest BCUT2D eigenvalue weighted by Gasteiger charge is 2.23. The maximum Gasteiger partial charge on any atom is 0.220 e. The van der Waals surface area contributed by atoms with Gasteiger partial charge in [0.05, 0.1) is 0 Å². The number of amides is 1. The Labute approximate surface area is 110 Å². The van der Waals surface area contributed by atoms with Gasteiger partial charge in [0, 0.05) is 53.9 Å². The lowest BCUT2D eigenvalue weighted by atomic mass is 9.98. The topological polar surface area (TPSA) is 58.2 Å². The molecule has 0 aromatic heterocycles. The summed E-state index contributed by atoms with van der Waals surface area (Å²) in [6, 6.07) is 8.09. The number of hydrogen-bond acceptors (Lipinski definition) is 3. The van der Waals surface area contributed by atoms with Crippen molar-refractivity contribution in [1.29, 1.82) is 0 Å². The second kappa shape index (κ2) is 6.00. The van der Waals surface area contributed by atoms with Crippen LogP contribution < -0.4 is 10.6 Å². The van der Waals surface area contributed by atoms with Crippen LogP contribution in [-0.4, -0.2) is 35.2 Å². The van der Waals surface area contributed by atoms with Crippen molar-refractivity contribution in [2.75, 3.05) is 30.4 Å². The van der Waals surface area contributed by atoms with Gasteiger partial charge in [0.25, 0.3) is 0 Å². The van der Waals surface area contributed by atoms with Gasteiger partial charge in [-0.2, -0.15) is 0 Å². The largest absolute Gasteiger partial charge is 0.384 e. The van der Waals surface area contributed by atoms with Crippen molar-refractivity contribution in [2.45, 2.75) is 12.3 Å². The Morgan fingerprint density at radius 1 is 1.50 bits per heavy atom. The summed E-state index contributed by atoms with van der Waals surface area (Å²) in [6.07, 6.45) is 2.13. The zero-order chi connectivity index (χ0) is 13.0. The van der Waals surface area contributed by atoms with Gasteiger partial charge in [-0.1, -0.05) is 18.2 Å². The number of hydrogen-bond donors (Lipinski definition) is 2. The summed E-state index contributed by atoms with van der Waals surface area (Å²) in [6.45, 7) is 1.30. The van der Waals surface area contributed by atoms with Crippen molar-refractivity contribution in [3.8, 4) is 0 Å². The molecule has 1 aliphatic heterocycles. The van der Waals surface area contributed by atoms with Gasteiger partial charge in [0.15, 0.2) is 0 Å². The SMILES string of the molecule is CS(=O)CCNC(=O)CC1CNc2ccccc21. The second-order valence-electron chi connectivity index (χ2n) is 4.50. The van der Waals surface area contributed by atoms with E-state index in [0.717, 1.165) is 12.2 Å². The molecule has 1 aliphatic rings. The smallest absolute Gasteiger partial charge is 0.220 e. The van der Waals surface area contributed by atoms with E-state index in [1.54, 1.807) is 6.26 Å². The van der Waals surface area contributed by atoms with Crippen LogP contribution in [0.25, 0.3) is 0 Å². The minimum Gasteiger partial charge on any atom is -0.384 e. The van der Waals surface area contributed by atoms with Crippen LogP contribution in [-0.2, 0) is 15.6 Å². The summed E-state index contributed by atoms with van der Waals surface area (Å²) in [5.74, 6) is 0.794. The molecule has 1 aromatic rings. The lowest BCUT2D eigenvalue weighted by Gasteiger charge is -2.10. The van der Waals surface area contributed by atoms with E-state index in [2.05, 4.69) is 16.7 Å². The fraction of sp³-hybridized carbons (Fsp3) is 0.462. The van der Waals surface area contributed by atoms with Gasteiger partial charge in [0.2, 0.25) is 5.91 Å². The maximum absolute atomic E-state index is 11.8. The molecular formula is C13H18N2O2S. The van der Waals surface area contributed by atoms with E-state index in [0.29, 0.717) is 18.7 Å². The Kier molecular flexibility index (Phi) is 4.36. The molecule has 0 bridgehead atoms. The maximum atomic E-state index is 11.8. The Morgan fingerprint density at radius 3 is 3.06 bits per heavy atom. The highest BCUT2D eigenvalue weighted by Crippen LogP contribution is 2.32. The zero-order valence-corrected chi connectivity index (χ0v) is 11.3. The van der Waals surface area contributed by atoms with Crippen LogP contribution in [0.5, 0.6) is 0 Å². The Balaban J connectivity index is 1.84. The van der Waals surface area contributed by atoms with E-state index in [1.165, 1.54) is 5.56 Å². The number of para-hydroxylation sites is 1. The molecule has 1 aromatic carbocycles. The van der Waals surface area contributed by atoms with Crippen LogP contribution in [0.4, 0.5) is 5.69 Å². The lowest BCUT2D eigenvalue weighted by molar-refractivity contribution is -0.121. The molecule has 0 spiro atoms. The average molecular weight is 266 g/mol. The van der Waals surface area contributed by atoms with E-state index in [1.807, 2.05) is 18.2 Å². The molecule has 2 N–H and O–H groups in total. The fourth-order valence-electron chi connectivity index (χ4n) is 2.17. The van der Waals surface area contributed by atoms with Crippen LogP contribution in [0.2, 0.25) is 0 Å². The molecule has 2 atom stereocenters. The zero-order valence-electron chi connectivity index (χ0n) is 10.4. The summed E-state index contributed by atoms with van der Waals surface area (Å²) >= 11 is 0. The number of anilines is 1. The van der Waals surface area contributed by atoms with Crippen LogP contribution in [0.3, 0.4) is 0 Å². The van der Waals surface area contributed by atoms with E-state index >= 15 is 0 Å². The minimum atomic E-state index is -0.849. The Bertz CT molecular complexity index is 462. The molecular weight excluding hydrogens is 248 g/mol. The quantitative estimate of drug-likeness (QED) is 0.838. The predicted molar refractivity (Wildman–Crippen MR) is 74.2 cm³/mol. The highest BCUT2D eigenvalue weighted by molar-refractivity contribution is 7.84. The molecule has 2 unspecified atom stereocenters. The monoisotopic (exact) mass is 266 g/mol. The number of rotatable bonds is 5. The summed E-state index contributed by atoms with van der Waals surface area (Å²) in [5, 5.41) is 6.11. The first-order chi connectivity index (χ1) is 8.66. The number of carbonyl (C=O) groups is 1. The first kappa shape index (κ1) is 13.1. The molecule has 1 amide bonds. The molecule has 0 fully saturated rings. The summed E-state index contributed by atoms with van der Waals surface area (Å²) in [5.41, 5.74) is 2.34. The van der Waals surface area contributed by atoms with Crippen molar-refractivity contribution >= 4 is 22.4 Å². The van der Waals surface area contributed by atoms with Gasteiger partial charge < -0.3 is 10.6 Å². The molecule has 0 saturated heterocycles. The fourth-order valence-corrected chi connectivity index (χ4v) is 2.56.